The molecule has 0 amide bonds. The van der Waals surface area contributed by atoms with Gasteiger partial charge in [-0.05, 0) is 39.4 Å². The van der Waals surface area contributed by atoms with Crippen LogP contribution >= 0.6 is 0 Å². The van der Waals surface area contributed by atoms with Crippen molar-refractivity contribution >= 4 is 0 Å². The molecule has 0 radical (unpaired) electrons. The van der Waals surface area contributed by atoms with Gasteiger partial charge in [0, 0.05) is 11.1 Å². The minimum Gasteiger partial charge on any atom is -0.493 e. The normalized spacial score (nSPS) is 13.6. The van der Waals surface area contributed by atoms with Crippen LogP contribution in [0.5, 0.6) is 5.75 Å². The summed E-state index contributed by atoms with van der Waals surface area (Å²) in [5.74, 6) is 0.794. The average molecular weight is 279 g/mol. The molecule has 1 atom stereocenters. The van der Waals surface area contributed by atoms with Crippen LogP contribution in [0.2, 0.25) is 0 Å². The van der Waals surface area contributed by atoms with Crippen LogP contribution < -0.4 is 4.74 Å². The molecular weight excluding hydrogens is 250 g/mol. The van der Waals surface area contributed by atoms with Gasteiger partial charge in [0.1, 0.15) is 11.9 Å². The van der Waals surface area contributed by atoms with Crippen molar-refractivity contribution in [1.29, 1.82) is 0 Å². The van der Waals surface area contributed by atoms with Gasteiger partial charge in [-0.1, -0.05) is 39.0 Å². The highest BCUT2D eigenvalue weighted by Gasteiger charge is 2.35. The van der Waals surface area contributed by atoms with Crippen molar-refractivity contribution in [2.24, 2.45) is 0 Å². The lowest BCUT2D eigenvalue weighted by Crippen LogP contribution is -2.48. The summed E-state index contributed by atoms with van der Waals surface area (Å²) in [7, 11) is 0. The lowest BCUT2D eigenvalue weighted by atomic mass is 9.89. The van der Waals surface area contributed by atoms with Crippen molar-refractivity contribution in [3.05, 3.63) is 29.8 Å². The Labute approximate surface area is 123 Å². The van der Waals surface area contributed by atoms with Gasteiger partial charge in [-0.15, -0.1) is 0 Å². The first kappa shape index (κ1) is 17.0. The minimum absolute atomic E-state index is 0.324. The van der Waals surface area contributed by atoms with Crippen LogP contribution in [-0.2, 0) is 0 Å². The molecule has 0 aliphatic heterocycles. The number of aliphatic hydroxyl groups is 1. The van der Waals surface area contributed by atoms with Crippen LogP contribution in [0.1, 0.15) is 52.7 Å². The molecule has 0 bridgehead atoms. The van der Waals surface area contributed by atoms with E-state index in [1.54, 1.807) is 0 Å². The smallest absolute Gasteiger partial charge is 0.125 e. The highest BCUT2D eigenvalue weighted by molar-refractivity contribution is 5.36. The zero-order valence-corrected chi connectivity index (χ0v) is 13.5. The van der Waals surface area contributed by atoms with Crippen molar-refractivity contribution in [1.82, 2.24) is 4.90 Å². The Bertz CT molecular complexity index is 400. The molecule has 20 heavy (non-hydrogen) atoms. The summed E-state index contributed by atoms with van der Waals surface area (Å²) in [6.45, 7) is 13.0. The molecule has 3 nitrogen and oxygen atoms in total. The highest BCUT2D eigenvalue weighted by Crippen LogP contribution is 2.35. The zero-order chi connectivity index (χ0) is 15.2. The molecule has 3 heteroatoms. The average Bonchev–Trinajstić information content (AvgIpc) is 2.45. The Kier molecular flexibility index (Phi) is 6.50. The van der Waals surface area contributed by atoms with Crippen LogP contribution in [0.25, 0.3) is 0 Å². The Hall–Kier alpha value is -1.06. The topological polar surface area (TPSA) is 32.7 Å². The van der Waals surface area contributed by atoms with Crippen LogP contribution in [0.15, 0.2) is 24.3 Å². The summed E-state index contributed by atoms with van der Waals surface area (Å²) >= 11 is 0. The number of nitrogens with zero attached hydrogens (tertiary/aromatic N) is 1. The molecular formula is C17H29NO2. The molecule has 0 aromatic heterocycles. The highest BCUT2D eigenvalue weighted by atomic mass is 16.5. The van der Waals surface area contributed by atoms with Crippen molar-refractivity contribution in [2.45, 2.75) is 52.7 Å². The third-order valence-corrected chi connectivity index (χ3v) is 3.92. The number of likely N-dealkylation sites (N-methyl/N-ethyl adjacent to an activating group) is 1. The van der Waals surface area contributed by atoms with Crippen LogP contribution in [0.3, 0.4) is 0 Å². The molecule has 114 valence electrons. The first-order valence-corrected chi connectivity index (χ1v) is 7.63. The molecule has 1 unspecified atom stereocenters. The lowest BCUT2D eigenvalue weighted by molar-refractivity contribution is -0.00769. The van der Waals surface area contributed by atoms with Gasteiger partial charge in [-0.3, -0.25) is 4.90 Å². The van der Waals surface area contributed by atoms with Gasteiger partial charge in [-0.25, -0.2) is 0 Å². The first-order valence-electron chi connectivity index (χ1n) is 7.63. The first-order chi connectivity index (χ1) is 9.48. The van der Waals surface area contributed by atoms with Gasteiger partial charge in [0.25, 0.3) is 0 Å². The molecule has 0 heterocycles. The van der Waals surface area contributed by atoms with E-state index in [9.17, 15) is 5.11 Å². The molecule has 1 aromatic carbocycles. The third-order valence-electron chi connectivity index (χ3n) is 3.92. The number of para-hydroxylation sites is 1. The van der Waals surface area contributed by atoms with Gasteiger partial charge >= 0.3 is 0 Å². The van der Waals surface area contributed by atoms with Crippen molar-refractivity contribution < 1.29 is 9.84 Å². The van der Waals surface area contributed by atoms with E-state index in [1.807, 2.05) is 24.3 Å². The summed E-state index contributed by atoms with van der Waals surface area (Å²) in [5, 5.41) is 10.8. The number of hydrogen-bond donors (Lipinski definition) is 1. The van der Waals surface area contributed by atoms with Gasteiger partial charge < -0.3 is 9.84 Å². The molecule has 0 saturated carbocycles. The Morgan fingerprint density at radius 2 is 1.75 bits per heavy atom. The third kappa shape index (κ3) is 3.74. The number of aliphatic hydroxyl groups excluding tert-OH is 1. The second-order valence-electron chi connectivity index (χ2n) is 5.61. The fourth-order valence-corrected chi connectivity index (χ4v) is 2.64. The quantitative estimate of drug-likeness (QED) is 0.788. The van der Waals surface area contributed by atoms with E-state index >= 15 is 0 Å². The Morgan fingerprint density at radius 3 is 2.30 bits per heavy atom. The maximum absolute atomic E-state index is 10.8. The zero-order valence-electron chi connectivity index (χ0n) is 13.5. The number of ether oxygens (including phenoxy) is 1. The van der Waals surface area contributed by atoms with E-state index in [0.29, 0.717) is 6.61 Å². The van der Waals surface area contributed by atoms with Gasteiger partial charge in [-0.2, -0.15) is 0 Å². The van der Waals surface area contributed by atoms with Crippen LogP contribution in [0, 0.1) is 0 Å². The molecule has 0 spiro atoms. The molecule has 1 aromatic rings. The van der Waals surface area contributed by atoms with E-state index in [1.165, 1.54) is 0 Å². The summed E-state index contributed by atoms with van der Waals surface area (Å²) in [4.78, 5) is 2.27. The second-order valence-corrected chi connectivity index (χ2v) is 5.61. The van der Waals surface area contributed by atoms with E-state index < -0.39 is 6.10 Å². The van der Waals surface area contributed by atoms with Crippen LogP contribution in [0.4, 0.5) is 0 Å². The maximum atomic E-state index is 10.8. The van der Waals surface area contributed by atoms with E-state index in [2.05, 4.69) is 39.5 Å². The van der Waals surface area contributed by atoms with E-state index in [0.717, 1.165) is 30.8 Å². The number of hydrogen-bond acceptors (Lipinski definition) is 3. The summed E-state index contributed by atoms with van der Waals surface area (Å²) in [6, 6.07) is 7.80. The minimum atomic E-state index is -0.574. The van der Waals surface area contributed by atoms with Crippen molar-refractivity contribution in [2.75, 3.05) is 19.7 Å². The number of benzene rings is 1. The van der Waals surface area contributed by atoms with Crippen molar-refractivity contribution in [3.63, 3.8) is 0 Å². The summed E-state index contributed by atoms with van der Waals surface area (Å²) in [5.41, 5.74) is 0.549. The molecule has 1 N–H and O–H groups in total. The molecule has 0 fully saturated rings. The standard InChI is InChI=1S/C17H29NO2/c1-6-13-20-15-12-10-9-11-14(15)16(19)17(4,5)18(7-2)8-3/h9-12,16,19H,6-8,13H2,1-5H3. The number of rotatable bonds is 8. The van der Waals surface area contributed by atoms with E-state index in [4.69, 9.17) is 4.74 Å². The molecule has 0 aliphatic carbocycles. The van der Waals surface area contributed by atoms with Crippen LogP contribution in [-0.4, -0.2) is 35.2 Å². The Balaban J connectivity index is 3.04. The summed E-state index contributed by atoms with van der Waals surface area (Å²) < 4.78 is 5.77. The molecule has 0 aliphatic rings. The predicted molar refractivity (Wildman–Crippen MR) is 84.2 cm³/mol. The molecule has 1 rings (SSSR count). The summed E-state index contributed by atoms with van der Waals surface area (Å²) in [6.07, 6.45) is 0.389. The molecule has 0 saturated heterocycles. The largest absolute Gasteiger partial charge is 0.493 e. The fourth-order valence-electron chi connectivity index (χ4n) is 2.64. The fraction of sp³-hybridized carbons (Fsp3) is 0.647. The predicted octanol–water partition coefficient (Wildman–Crippen LogP) is 3.63. The van der Waals surface area contributed by atoms with Gasteiger partial charge in [0.15, 0.2) is 0 Å². The second kappa shape index (κ2) is 7.65. The maximum Gasteiger partial charge on any atom is 0.125 e. The Morgan fingerprint density at radius 1 is 1.15 bits per heavy atom. The van der Waals surface area contributed by atoms with Gasteiger partial charge in [0.05, 0.1) is 6.61 Å². The van der Waals surface area contributed by atoms with Gasteiger partial charge in [0.2, 0.25) is 0 Å². The SMILES string of the molecule is CCCOc1ccccc1C(O)C(C)(C)N(CC)CC. The monoisotopic (exact) mass is 279 g/mol. The van der Waals surface area contributed by atoms with E-state index in [-0.39, 0.29) is 5.54 Å². The van der Waals surface area contributed by atoms with Crippen molar-refractivity contribution in [3.8, 4) is 5.75 Å². The lowest BCUT2D eigenvalue weighted by Gasteiger charge is -2.41.